The summed E-state index contributed by atoms with van der Waals surface area (Å²) >= 11 is 6.35. The fourth-order valence-electron chi connectivity index (χ4n) is 4.48. The molecule has 1 fully saturated rings. The van der Waals surface area contributed by atoms with Gasteiger partial charge in [0.1, 0.15) is 11.6 Å². The average molecular weight is 550 g/mol. The molecule has 0 bridgehead atoms. The number of nitrogens with zero attached hydrogens (tertiary/aromatic N) is 5. The first-order chi connectivity index (χ1) is 18.7. The van der Waals surface area contributed by atoms with Crippen molar-refractivity contribution in [3.05, 3.63) is 77.8 Å². The predicted molar refractivity (Wildman–Crippen MR) is 151 cm³/mol. The summed E-state index contributed by atoms with van der Waals surface area (Å²) in [5.74, 6) is 0.0356. The van der Waals surface area contributed by atoms with Crippen molar-refractivity contribution in [2.45, 2.75) is 12.5 Å². The Kier molecular flexibility index (Phi) is 7.67. The van der Waals surface area contributed by atoms with Crippen molar-refractivity contribution in [3.8, 4) is 22.9 Å². The van der Waals surface area contributed by atoms with Crippen molar-refractivity contribution >= 4 is 34.7 Å². The molecular formula is C28H29ClFN7O2. The first kappa shape index (κ1) is 26.5. The van der Waals surface area contributed by atoms with E-state index in [2.05, 4.69) is 44.6 Å². The second kappa shape index (κ2) is 11.3. The van der Waals surface area contributed by atoms with Crippen LogP contribution in [-0.2, 0) is 7.05 Å². The smallest absolute Gasteiger partial charge is 0.323 e. The molecule has 1 unspecified atom stereocenters. The molecule has 1 atom stereocenters. The summed E-state index contributed by atoms with van der Waals surface area (Å²) in [4.78, 5) is 21.7. The zero-order chi connectivity index (χ0) is 27.5. The molecule has 2 N–H and O–H groups in total. The number of hydrogen-bond donors (Lipinski definition) is 2. The third kappa shape index (κ3) is 6.47. The zero-order valence-electron chi connectivity index (χ0n) is 21.9. The summed E-state index contributed by atoms with van der Waals surface area (Å²) in [6.07, 6.45) is 4.60. The quantitative estimate of drug-likeness (QED) is 0.301. The van der Waals surface area contributed by atoms with Crippen LogP contribution in [0.4, 0.5) is 26.2 Å². The van der Waals surface area contributed by atoms with Gasteiger partial charge in [-0.25, -0.2) is 14.2 Å². The van der Waals surface area contributed by atoms with Crippen LogP contribution in [0.5, 0.6) is 11.6 Å². The van der Waals surface area contributed by atoms with Crippen molar-refractivity contribution in [3.63, 3.8) is 0 Å². The highest BCUT2D eigenvalue weighted by molar-refractivity contribution is 6.31. The van der Waals surface area contributed by atoms with E-state index in [1.54, 1.807) is 23.0 Å². The number of nitrogens with one attached hydrogen (secondary N) is 2. The SMILES string of the molecule is CN(C)C1CCN(c2cc(Cl)cc(NC(=O)Nc3cc(Oc4cccc(-c5cnn(C)c5)n4)ccc3F)c2)C1. The average Bonchev–Trinajstić information content (AvgIpc) is 3.56. The van der Waals surface area contributed by atoms with Gasteiger partial charge in [-0.3, -0.25) is 4.68 Å². The van der Waals surface area contributed by atoms with Crippen LogP contribution in [0.1, 0.15) is 6.42 Å². The highest BCUT2D eigenvalue weighted by Gasteiger charge is 2.24. The topological polar surface area (TPSA) is 87.5 Å². The van der Waals surface area contributed by atoms with Crippen LogP contribution in [0.15, 0.2) is 67.0 Å². The van der Waals surface area contributed by atoms with Crippen LogP contribution in [0.25, 0.3) is 11.3 Å². The van der Waals surface area contributed by atoms with Gasteiger partial charge < -0.3 is 25.2 Å². The van der Waals surface area contributed by atoms with Crippen molar-refractivity contribution in [2.24, 2.45) is 7.05 Å². The highest BCUT2D eigenvalue weighted by atomic mass is 35.5. The van der Waals surface area contributed by atoms with Crippen molar-refractivity contribution in [2.75, 3.05) is 42.7 Å². The monoisotopic (exact) mass is 549 g/mol. The molecule has 3 heterocycles. The van der Waals surface area contributed by atoms with E-state index in [1.807, 2.05) is 37.5 Å². The predicted octanol–water partition coefficient (Wildman–Crippen LogP) is 5.85. The molecule has 1 aliphatic rings. The molecule has 2 aromatic heterocycles. The van der Waals surface area contributed by atoms with E-state index in [1.165, 1.54) is 18.2 Å². The minimum absolute atomic E-state index is 0.0379. The molecule has 2 amide bonds. The van der Waals surface area contributed by atoms with E-state index in [0.717, 1.165) is 30.8 Å². The van der Waals surface area contributed by atoms with E-state index in [0.29, 0.717) is 34.1 Å². The molecule has 39 heavy (non-hydrogen) atoms. The molecule has 1 aliphatic heterocycles. The number of ether oxygens (including phenoxy) is 1. The third-order valence-corrected chi connectivity index (χ3v) is 6.75. The lowest BCUT2D eigenvalue weighted by atomic mass is 10.2. The van der Waals surface area contributed by atoms with Crippen molar-refractivity contribution < 1.29 is 13.9 Å². The fraction of sp³-hybridized carbons (Fsp3) is 0.250. The number of aryl methyl sites for hydroxylation is 1. The molecule has 2 aromatic carbocycles. The summed E-state index contributed by atoms with van der Waals surface area (Å²) in [5.41, 5.74) is 2.92. The van der Waals surface area contributed by atoms with E-state index in [-0.39, 0.29) is 5.69 Å². The standard InChI is InChI=1S/C28H29ClFN7O2/c1-35(2)21-9-10-37(17-21)22-12-19(29)11-20(13-22)32-28(38)34-26-14-23(7-8-24(26)30)39-27-6-4-5-25(33-27)18-15-31-36(3)16-18/h4-8,11-16,21H,9-10,17H2,1-3H3,(H2,32,34,38). The normalized spacial score (nSPS) is 15.0. The van der Waals surface area contributed by atoms with Gasteiger partial charge in [0.2, 0.25) is 5.88 Å². The Labute approximate surface area is 231 Å². The van der Waals surface area contributed by atoms with Crippen LogP contribution >= 0.6 is 11.6 Å². The molecule has 4 aromatic rings. The van der Waals surface area contributed by atoms with Crippen LogP contribution in [0, 0.1) is 5.82 Å². The molecule has 11 heteroatoms. The maximum Gasteiger partial charge on any atom is 0.323 e. The minimum atomic E-state index is -0.608. The molecule has 5 rings (SSSR count). The zero-order valence-corrected chi connectivity index (χ0v) is 22.6. The Balaban J connectivity index is 1.26. The summed E-state index contributed by atoms with van der Waals surface area (Å²) < 4.78 is 22.1. The van der Waals surface area contributed by atoms with Gasteiger partial charge in [-0.05, 0) is 56.9 Å². The molecule has 0 spiro atoms. The van der Waals surface area contributed by atoms with E-state index in [9.17, 15) is 9.18 Å². The van der Waals surface area contributed by atoms with Crippen molar-refractivity contribution in [1.29, 1.82) is 0 Å². The number of rotatable bonds is 7. The number of pyridine rings is 1. The number of halogens is 2. The van der Waals surface area contributed by atoms with Gasteiger partial charge in [0.25, 0.3) is 0 Å². The van der Waals surface area contributed by atoms with Gasteiger partial charge in [0.05, 0.1) is 17.6 Å². The Morgan fingerprint density at radius 2 is 2.00 bits per heavy atom. The lowest BCUT2D eigenvalue weighted by Crippen LogP contribution is -2.31. The molecule has 0 aliphatic carbocycles. The summed E-state index contributed by atoms with van der Waals surface area (Å²) in [7, 11) is 5.96. The fourth-order valence-corrected chi connectivity index (χ4v) is 4.71. The van der Waals surface area contributed by atoms with Crippen LogP contribution in [0.2, 0.25) is 5.02 Å². The summed E-state index contributed by atoms with van der Waals surface area (Å²) in [6, 6.07) is 14.7. The first-order valence-corrected chi connectivity index (χ1v) is 12.8. The lowest BCUT2D eigenvalue weighted by molar-refractivity contribution is 0.262. The number of benzene rings is 2. The second-order valence-corrected chi connectivity index (χ2v) is 10.1. The number of carbonyl (C=O) groups excluding carboxylic acids is 1. The Morgan fingerprint density at radius 3 is 2.74 bits per heavy atom. The van der Waals surface area contributed by atoms with E-state index in [4.69, 9.17) is 16.3 Å². The van der Waals surface area contributed by atoms with E-state index < -0.39 is 11.8 Å². The maximum atomic E-state index is 14.6. The molecule has 9 nitrogen and oxygen atoms in total. The molecule has 202 valence electrons. The number of likely N-dealkylation sites (N-methyl/N-ethyl adjacent to an activating group) is 1. The van der Waals surface area contributed by atoms with Gasteiger partial charge in [0.15, 0.2) is 0 Å². The van der Waals surface area contributed by atoms with Crippen LogP contribution in [0.3, 0.4) is 0 Å². The summed E-state index contributed by atoms with van der Waals surface area (Å²) in [5, 5.41) is 9.97. The Hall–Kier alpha value is -4.15. The van der Waals surface area contributed by atoms with Crippen molar-refractivity contribution in [1.82, 2.24) is 19.7 Å². The number of aromatic nitrogens is 3. The molecule has 0 saturated carbocycles. The van der Waals surface area contributed by atoms with Gasteiger partial charge in [-0.2, -0.15) is 5.10 Å². The van der Waals surface area contributed by atoms with E-state index >= 15 is 0 Å². The third-order valence-electron chi connectivity index (χ3n) is 6.53. The molecule has 0 radical (unpaired) electrons. The van der Waals surface area contributed by atoms with Gasteiger partial charge in [0, 0.05) is 66.5 Å². The number of carbonyl (C=O) groups is 1. The lowest BCUT2D eigenvalue weighted by Gasteiger charge is -2.22. The number of urea groups is 1. The van der Waals surface area contributed by atoms with Crippen LogP contribution < -0.4 is 20.3 Å². The first-order valence-electron chi connectivity index (χ1n) is 12.5. The largest absolute Gasteiger partial charge is 0.439 e. The van der Waals surface area contributed by atoms with Gasteiger partial charge >= 0.3 is 6.03 Å². The summed E-state index contributed by atoms with van der Waals surface area (Å²) in [6.45, 7) is 1.77. The molecular weight excluding hydrogens is 521 g/mol. The minimum Gasteiger partial charge on any atom is -0.439 e. The van der Waals surface area contributed by atoms with Gasteiger partial charge in [-0.15, -0.1) is 0 Å². The van der Waals surface area contributed by atoms with Crippen LogP contribution in [-0.4, -0.2) is 58.9 Å². The molecule has 1 saturated heterocycles. The Bertz CT molecular complexity index is 1490. The number of hydrogen-bond acceptors (Lipinski definition) is 6. The second-order valence-electron chi connectivity index (χ2n) is 9.64. The van der Waals surface area contributed by atoms with Gasteiger partial charge in [-0.1, -0.05) is 17.7 Å². The Morgan fingerprint density at radius 1 is 1.15 bits per heavy atom. The highest BCUT2D eigenvalue weighted by Crippen LogP contribution is 2.30. The number of amides is 2. The maximum absolute atomic E-state index is 14.6. The number of anilines is 3.